The standard InChI is InChI=1S/C6H11NO.C6H13NO.C2H6.CH4/c1-7-4-2-3-6(7)5-8;8-5-6-1-3-7-4-2-6;1-2;/h5-6H,2-4H2,1H3;6-8H,1-5H2;1-2H3;1H4/t6-;;;/m1.../s1. The number of aliphatic hydroxyl groups is 1. The minimum absolute atomic E-state index is 0. The van der Waals surface area contributed by atoms with Crippen LogP contribution in [0.1, 0.15) is 47.0 Å². The molecule has 0 aromatic heterocycles. The number of nitrogens with zero attached hydrogens (tertiary/aromatic N) is 1. The van der Waals surface area contributed by atoms with E-state index in [1.807, 2.05) is 20.9 Å². The third-order valence-corrected chi connectivity index (χ3v) is 3.45. The highest BCUT2D eigenvalue weighted by molar-refractivity contribution is 5.57. The molecule has 19 heavy (non-hydrogen) atoms. The summed E-state index contributed by atoms with van der Waals surface area (Å²) in [6.07, 6.45) is 5.57. The second-order valence-corrected chi connectivity index (χ2v) is 4.70. The number of likely N-dealkylation sites (tertiary alicyclic amines) is 1. The zero-order chi connectivity index (χ0) is 13.8. The van der Waals surface area contributed by atoms with Crippen LogP contribution in [0.25, 0.3) is 0 Å². The number of rotatable bonds is 2. The molecule has 0 saturated carbocycles. The Kier molecular flexibility index (Phi) is 15.3. The molecule has 0 amide bonds. The van der Waals surface area contributed by atoms with E-state index in [1.165, 1.54) is 6.42 Å². The van der Waals surface area contributed by atoms with Gasteiger partial charge in [-0.15, -0.1) is 0 Å². The van der Waals surface area contributed by atoms with Gasteiger partial charge in [-0.25, -0.2) is 0 Å². The van der Waals surface area contributed by atoms with Crippen molar-refractivity contribution in [3.63, 3.8) is 0 Å². The maximum atomic E-state index is 10.2. The second-order valence-electron chi connectivity index (χ2n) is 4.70. The van der Waals surface area contributed by atoms with Crippen molar-refractivity contribution in [1.82, 2.24) is 10.2 Å². The Labute approximate surface area is 119 Å². The third kappa shape index (κ3) is 9.14. The molecule has 2 aliphatic heterocycles. The van der Waals surface area contributed by atoms with E-state index in [1.54, 1.807) is 0 Å². The van der Waals surface area contributed by atoms with E-state index in [4.69, 9.17) is 5.11 Å². The lowest BCUT2D eigenvalue weighted by Gasteiger charge is -2.19. The van der Waals surface area contributed by atoms with Crippen molar-refractivity contribution in [2.45, 2.75) is 53.0 Å². The Balaban J connectivity index is 0. The van der Waals surface area contributed by atoms with Gasteiger partial charge in [0.1, 0.15) is 6.29 Å². The molecule has 0 spiro atoms. The summed E-state index contributed by atoms with van der Waals surface area (Å²) in [5.74, 6) is 0.580. The lowest BCUT2D eigenvalue weighted by Crippen LogP contribution is -2.29. The molecule has 0 bridgehead atoms. The van der Waals surface area contributed by atoms with Crippen molar-refractivity contribution in [3.8, 4) is 0 Å². The van der Waals surface area contributed by atoms with Gasteiger partial charge in [-0.1, -0.05) is 21.3 Å². The number of aldehydes is 1. The molecule has 2 saturated heterocycles. The summed E-state index contributed by atoms with van der Waals surface area (Å²) in [4.78, 5) is 12.3. The first-order chi connectivity index (χ1) is 8.77. The normalized spacial score (nSPS) is 23.3. The molecule has 1 atom stereocenters. The van der Waals surface area contributed by atoms with Crippen LogP contribution >= 0.6 is 0 Å². The maximum absolute atomic E-state index is 10.2. The van der Waals surface area contributed by atoms with Crippen molar-refractivity contribution < 1.29 is 9.90 Å². The van der Waals surface area contributed by atoms with E-state index in [0.717, 1.165) is 45.2 Å². The number of hydrogen-bond acceptors (Lipinski definition) is 4. The fourth-order valence-electron chi connectivity index (χ4n) is 2.17. The Morgan fingerprint density at radius 1 is 1.26 bits per heavy atom. The largest absolute Gasteiger partial charge is 0.396 e. The predicted molar refractivity (Wildman–Crippen MR) is 82.5 cm³/mol. The predicted octanol–water partition coefficient (Wildman–Crippen LogP) is 1.92. The van der Waals surface area contributed by atoms with Gasteiger partial charge >= 0.3 is 0 Å². The molecule has 0 unspecified atom stereocenters. The van der Waals surface area contributed by atoms with Crippen LogP contribution < -0.4 is 5.32 Å². The van der Waals surface area contributed by atoms with Gasteiger partial charge in [-0.2, -0.15) is 0 Å². The average Bonchev–Trinajstić information content (AvgIpc) is 2.88. The molecule has 4 nitrogen and oxygen atoms in total. The van der Waals surface area contributed by atoms with E-state index >= 15 is 0 Å². The van der Waals surface area contributed by atoms with Crippen molar-refractivity contribution in [2.24, 2.45) is 5.92 Å². The smallest absolute Gasteiger partial charge is 0.137 e. The van der Waals surface area contributed by atoms with E-state index < -0.39 is 0 Å². The Morgan fingerprint density at radius 3 is 2.11 bits per heavy atom. The van der Waals surface area contributed by atoms with Crippen LogP contribution in [0.5, 0.6) is 0 Å². The molecule has 0 aromatic rings. The van der Waals surface area contributed by atoms with Gasteiger partial charge in [0.05, 0.1) is 6.04 Å². The number of nitrogens with one attached hydrogen (secondary N) is 1. The second kappa shape index (κ2) is 14.0. The quantitative estimate of drug-likeness (QED) is 0.755. The molecular formula is C15H34N2O2. The summed E-state index contributed by atoms with van der Waals surface area (Å²) in [5, 5.41) is 11.9. The third-order valence-electron chi connectivity index (χ3n) is 3.45. The van der Waals surface area contributed by atoms with E-state index in [2.05, 4.69) is 10.2 Å². The average molecular weight is 274 g/mol. The van der Waals surface area contributed by atoms with Gasteiger partial charge in [0.25, 0.3) is 0 Å². The lowest BCUT2D eigenvalue weighted by molar-refractivity contribution is -0.111. The van der Waals surface area contributed by atoms with Crippen LogP contribution in [-0.2, 0) is 4.79 Å². The van der Waals surface area contributed by atoms with Gasteiger partial charge in [-0.3, -0.25) is 4.90 Å². The Bertz CT molecular complexity index is 195. The first kappa shape index (κ1) is 20.9. The molecule has 2 heterocycles. The van der Waals surface area contributed by atoms with Crippen molar-refractivity contribution in [3.05, 3.63) is 0 Å². The summed E-state index contributed by atoms with van der Waals surface area (Å²) in [5.41, 5.74) is 0. The monoisotopic (exact) mass is 274 g/mol. The summed E-state index contributed by atoms with van der Waals surface area (Å²) in [6.45, 7) is 7.64. The summed E-state index contributed by atoms with van der Waals surface area (Å²) in [7, 11) is 1.99. The van der Waals surface area contributed by atoms with Gasteiger partial charge in [0.2, 0.25) is 0 Å². The molecule has 116 valence electrons. The topological polar surface area (TPSA) is 52.6 Å². The molecule has 2 aliphatic rings. The number of likely N-dealkylation sites (N-methyl/N-ethyl adjacent to an activating group) is 1. The maximum Gasteiger partial charge on any atom is 0.137 e. The first-order valence-corrected chi connectivity index (χ1v) is 7.25. The lowest BCUT2D eigenvalue weighted by atomic mass is 10.00. The molecule has 4 heteroatoms. The number of piperidine rings is 1. The molecule has 2 fully saturated rings. The van der Waals surface area contributed by atoms with Crippen molar-refractivity contribution in [2.75, 3.05) is 33.3 Å². The highest BCUT2D eigenvalue weighted by Gasteiger charge is 2.18. The van der Waals surface area contributed by atoms with Crippen molar-refractivity contribution in [1.29, 1.82) is 0 Å². The number of aliphatic hydroxyl groups excluding tert-OH is 1. The number of carbonyl (C=O) groups is 1. The Morgan fingerprint density at radius 2 is 1.84 bits per heavy atom. The number of carbonyl (C=O) groups excluding carboxylic acids is 1. The van der Waals surface area contributed by atoms with Crippen LogP contribution in [0.2, 0.25) is 0 Å². The summed E-state index contributed by atoms with van der Waals surface area (Å²) >= 11 is 0. The van der Waals surface area contributed by atoms with Crippen LogP contribution in [0, 0.1) is 5.92 Å². The molecule has 0 aromatic carbocycles. The summed E-state index contributed by atoms with van der Waals surface area (Å²) < 4.78 is 0. The Hall–Kier alpha value is -0.450. The van der Waals surface area contributed by atoms with Crippen LogP contribution in [0.4, 0.5) is 0 Å². The van der Waals surface area contributed by atoms with E-state index in [9.17, 15) is 4.79 Å². The van der Waals surface area contributed by atoms with E-state index in [0.29, 0.717) is 12.5 Å². The fourth-order valence-corrected chi connectivity index (χ4v) is 2.17. The molecule has 2 rings (SSSR count). The van der Waals surface area contributed by atoms with Gasteiger partial charge < -0.3 is 15.2 Å². The van der Waals surface area contributed by atoms with Crippen LogP contribution in [0.15, 0.2) is 0 Å². The van der Waals surface area contributed by atoms with Gasteiger partial charge in [-0.05, 0) is 58.3 Å². The van der Waals surface area contributed by atoms with Crippen LogP contribution in [-0.4, -0.2) is 55.6 Å². The van der Waals surface area contributed by atoms with Crippen LogP contribution in [0.3, 0.4) is 0 Å². The molecule has 0 radical (unpaired) electrons. The highest BCUT2D eigenvalue weighted by atomic mass is 16.3. The fraction of sp³-hybridized carbons (Fsp3) is 0.933. The zero-order valence-electron chi connectivity index (χ0n) is 12.2. The summed E-state index contributed by atoms with van der Waals surface area (Å²) in [6, 6.07) is 0.218. The minimum atomic E-state index is 0. The highest BCUT2D eigenvalue weighted by Crippen LogP contribution is 2.11. The SMILES string of the molecule is C.CC.CN1CCC[C@@H]1C=O.OCC1CCNCC1. The van der Waals surface area contributed by atoms with Gasteiger partial charge in [0, 0.05) is 6.61 Å². The number of hydrogen-bond donors (Lipinski definition) is 2. The molecule has 2 N–H and O–H groups in total. The molecule has 0 aliphatic carbocycles. The van der Waals surface area contributed by atoms with E-state index in [-0.39, 0.29) is 13.5 Å². The van der Waals surface area contributed by atoms with Gasteiger partial charge in [0.15, 0.2) is 0 Å². The molecular weight excluding hydrogens is 240 g/mol. The first-order valence-electron chi connectivity index (χ1n) is 7.25. The zero-order valence-corrected chi connectivity index (χ0v) is 12.2. The van der Waals surface area contributed by atoms with Crippen molar-refractivity contribution >= 4 is 6.29 Å². The minimum Gasteiger partial charge on any atom is -0.396 e.